The van der Waals surface area contributed by atoms with Gasteiger partial charge < -0.3 is 10.4 Å². The summed E-state index contributed by atoms with van der Waals surface area (Å²) in [6.07, 6.45) is 6.62. The molecule has 0 aromatic heterocycles. The standard InChI is InChI=1S/C12H25NOS/c1-2-13-12(10-15-9-5-8-14)11-6-3-4-7-11/h11-14H,2-10H2,1H3. The number of hydrogen-bond donors (Lipinski definition) is 2. The average molecular weight is 231 g/mol. The zero-order valence-electron chi connectivity index (χ0n) is 9.87. The van der Waals surface area contributed by atoms with Crippen LogP contribution in [0.5, 0.6) is 0 Å². The quantitative estimate of drug-likeness (QED) is 0.629. The number of rotatable bonds is 8. The highest BCUT2D eigenvalue weighted by atomic mass is 32.2. The largest absolute Gasteiger partial charge is 0.396 e. The molecule has 3 heteroatoms. The summed E-state index contributed by atoms with van der Waals surface area (Å²) in [6, 6.07) is 0.709. The van der Waals surface area contributed by atoms with Crippen LogP contribution >= 0.6 is 11.8 Å². The van der Waals surface area contributed by atoms with Crippen molar-refractivity contribution in [2.24, 2.45) is 5.92 Å². The highest BCUT2D eigenvalue weighted by Crippen LogP contribution is 2.29. The zero-order chi connectivity index (χ0) is 10.9. The Morgan fingerprint density at radius 1 is 1.40 bits per heavy atom. The normalized spacial score (nSPS) is 19.6. The molecule has 0 aromatic rings. The van der Waals surface area contributed by atoms with Gasteiger partial charge in [-0.15, -0.1) is 0 Å². The van der Waals surface area contributed by atoms with Gasteiger partial charge in [-0.2, -0.15) is 11.8 Å². The molecule has 0 saturated heterocycles. The fourth-order valence-corrected chi connectivity index (χ4v) is 3.50. The molecule has 0 aromatic carbocycles. The lowest BCUT2D eigenvalue weighted by Gasteiger charge is -2.23. The lowest BCUT2D eigenvalue weighted by Crippen LogP contribution is -2.37. The monoisotopic (exact) mass is 231 g/mol. The minimum Gasteiger partial charge on any atom is -0.396 e. The van der Waals surface area contributed by atoms with Gasteiger partial charge in [0.05, 0.1) is 0 Å². The van der Waals surface area contributed by atoms with Crippen LogP contribution in [-0.4, -0.2) is 35.8 Å². The number of aliphatic hydroxyl groups excluding tert-OH is 1. The molecule has 1 aliphatic carbocycles. The van der Waals surface area contributed by atoms with Crippen LogP contribution in [-0.2, 0) is 0 Å². The van der Waals surface area contributed by atoms with Crippen molar-refractivity contribution in [1.29, 1.82) is 0 Å². The van der Waals surface area contributed by atoms with Crippen LogP contribution in [0, 0.1) is 5.92 Å². The first-order chi connectivity index (χ1) is 7.38. The lowest BCUT2D eigenvalue weighted by molar-refractivity contribution is 0.296. The van der Waals surface area contributed by atoms with Crippen molar-refractivity contribution in [3.63, 3.8) is 0 Å². The summed E-state index contributed by atoms with van der Waals surface area (Å²) in [4.78, 5) is 0. The minimum absolute atomic E-state index is 0.336. The number of hydrogen-bond acceptors (Lipinski definition) is 3. The first-order valence-electron chi connectivity index (χ1n) is 6.30. The van der Waals surface area contributed by atoms with Crippen molar-refractivity contribution in [3.05, 3.63) is 0 Å². The Kier molecular flexibility index (Phi) is 7.49. The van der Waals surface area contributed by atoms with E-state index in [9.17, 15) is 0 Å². The van der Waals surface area contributed by atoms with E-state index in [2.05, 4.69) is 12.2 Å². The molecule has 15 heavy (non-hydrogen) atoms. The van der Waals surface area contributed by atoms with E-state index in [4.69, 9.17) is 5.11 Å². The van der Waals surface area contributed by atoms with Gasteiger partial charge in [0.25, 0.3) is 0 Å². The maximum absolute atomic E-state index is 8.72. The topological polar surface area (TPSA) is 32.3 Å². The molecule has 1 unspecified atom stereocenters. The van der Waals surface area contributed by atoms with Gasteiger partial charge in [0.2, 0.25) is 0 Å². The van der Waals surface area contributed by atoms with E-state index in [-0.39, 0.29) is 0 Å². The van der Waals surface area contributed by atoms with Gasteiger partial charge >= 0.3 is 0 Å². The van der Waals surface area contributed by atoms with Crippen molar-refractivity contribution >= 4 is 11.8 Å². The van der Waals surface area contributed by atoms with E-state index < -0.39 is 0 Å². The molecule has 1 rings (SSSR count). The van der Waals surface area contributed by atoms with Crippen LogP contribution in [0.3, 0.4) is 0 Å². The molecule has 2 nitrogen and oxygen atoms in total. The zero-order valence-corrected chi connectivity index (χ0v) is 10.7. The van der Waals surface area contributed by atoms with E-state index in [1.165, 1.54) is 31.4 Å². The van der Waals surface area contributed by atoms with E-state index in [0.29, 0.717) is 12.6 Å². The Hall–Kier alpha value is 0.270. The van der Waals surface area contributed by atoms with Gasteiger partial charge in [-0.3, -0.25) is 0 Å². The Labute approximate surface area is 98.2 Å². The molecule has 1 fully saturated rings. The number of nitrogens with one attached hydrogen (secondary N) is 1. The number of thioether (sulfide) groups is 1. The van der Waals surface area contributed by atoms with Gasteiger partial charge in [0, 0.05) is 18.4 Å². The molecule has 1 atom stereocenters. The maximum Gasteiger partial charge on any atom is 0.0438 e. The third kappa shape index (κ3) is 5.23. The molecule has 90 valence electrons. The third-order valence-electron chi connectivity index (χ3n) is 3.18. The fraction of sp³-hybridized carbons (Fsp3) is 1.00. The summed E-state index contributed by atoms with van der Waals surface area (Å²) in [5.74, 6) is 3.23. The predicted molar refractivity (Wildman–Crippen MR) is 68.5 cm³/mol. The number of aliphatic hydroxyl groups is 1. The van der Waals surface area contributed by atoms with Crippen LogP contribution in [0.15, 0.2) is 0 Å². The summed E-state index contributed by atoms with van der Waals surface area (Å²) in [6.45, 7) is 3.62. The lowest BCUT2D eigenvalue weighted by atomic mass is 10.00. The molecule has 1 saturated carbocycles. The van der Waals surface area contributed by atoms with Crippen molar-refractivity contribution in [1.82, 2.24) is 5.32 Å². The average Bonchev–Trinajstić information content (AvgIpc) is 2.76. The van der Waals surface area contributed by atoms with Gasteiger partial charge in [-0.25, -0.2) is 0 Å². The second-order valence-corrected chi connectivity index (χ2v) is 5.51. The van der Waals surface area contributed by atoms with Crippen LogP contribution in [0.25, 0.3) is 0 Å². The van der Waals surface area contributed by atoms with Crippen LogP contribution < -0.4 is 5.32 Å². The first-order valence-corrected chi connectivity index (χ1v) is 7.46. The van der Waals surface area contributed by atoms with Crippen molar-refractivity contribution in [3.8, 4) is 0 Å². The van der Waals surface area contributed by atoms with Gasteiger partial charge in [0.15, 0.2) is 0 Å². The molecule has 0 amide bonds. The first kappa shape index (κ1) is 13.3. The molecule has 2 N–H and O–H groups in total. The van der Waals surface area contributed by atoms with Crippen LogP contribution in [0.1, 0.15) is 39.0 Å². The molecular formula is C12H25NOS. The van der Waals surface area contributed by atoms with Gasteiger partial charge in [-0.05, 0) is 37.5 Å². The molecular weight excluding hydrogens is 206 g/mol. The summed E-state index contributed by atoms with van der Waals surface area (Å²) in [7, 11) is 0. The Morgan fingerprint density at radius 2 is 2.13 bits per heavy atom. The second-order valence-electron chi connectivity index (χ2n) is 4.36. The Morgan fingerprint density at radius 3 is 2.73 bits per heavy atom. The Bertz CT molecular complexity index is 149. The van der Waals surface area contributed by atoms with Crippen molar-refractivity contribution in [2.75, 3.05) is 24.7 Å². The molecule has 1 aliphatic rings. The second kappa shape index (κ2) is 8.43. The van der Waals surface area contributed by atoms with E-state index in [1.807, 2.05) is 11.8 Å². The summed E-state index contributed by atoms with van der Waals surface area (Å²) in [5, 5.41) is 12.3. The molecule has 0 heterocycles. The molecule has 0 spiro atoms. The van der Waals surface area contributed by atoms with Gasteiger partial charge in [-0.1, -0.05) is 19.8 Å². The third-order valence-corrected chi connectivity index (χ3v) is 4.35. The summed E-state index contributed by atoms with van der Waals surface area (Å²) >= 11 is 1.99. The van der Waals surface area contributed by atoms with E-state index in [0.717, 1.165) is 24.6 Å². The van der Waals surface area contributed by atoms with Crippen molar-refractivity contribution in [2.45, 2.75) is 45.1 Å². The van der Waals surface area contributed by atoms with E-state index in [1.54, 1.807) is 0 Å². The van der Waals surface area contributed by atoms with Crippen molar-refractivity contribution < 1.29 is 5.11 Å². The highest BCUT2D eigenvalue weighted by Gasteiger charge is 2.23. The van der Waals surface area contributed by atoms with E-state index >= 15 is 0 Å². The van der Waals surface area contributed by atoms with Crippen LogP contribution in [0.2, 0.25) is 0 Å². The van der Waals surface area contributed by atoms with Crippen LogP contribution in [0.4, 0.5) is 0 Å². The summed E-state index contributed by atoms with van der Waals surface area (Å²) < 4.78 is 0. The molecule has 0 radical (unpaired) electrons. The molecule has 0 bridgehead atoms. The van der Waals surface area contributed by atoms with Gasteiger partial charge in [0.1, 0.15) is 0 Å². The molecule has 0 aliphatic heterocycles. The SMILES string of the molecule is CCNC(CSCCCO)C1CCCC1. The Balaban J connectivity index is 2.17. The minimum atomic E-state index is 0.336. The highest BCUT2D eigenvalue weighted by molar-refractivity contribution is 7.99. The predicted octanol–water partition coefficient (Wildman–Crippen LogP) is 2.27. The summed E-state index contributed by atoms with van der Waals surface area (Å²) in [5.41, 5.74) is 0. The smallest absolute Gasteiger partial charge is 0.0438 e. The fourth-order valence-electron chi connectivity index (χ4n) is 2.36. The maximum atomic E-state index is 8.72.